The van der Waals surface area contributed by atoms with Gasteiger partial charge in [-0.2, -0.15) is 5.10 Å². The Bertz CT molecular complexity index is 675. The highest BCUT2D eigenvalue weighted by molar-refractivity contribution is 5.35. The molecule has 0 radical (unpaired) electrons. The van der Waals surface area contributed by atoms with E-state index in [1.165, 1.54) is 18.4 Å². The molecule has 6 heteroatoms. The molecule has 1 fully saturated rings. The predicted molar refractivity (Wildman–Crippen MR) is 96.9 cm³/mol. The summed E-state index contributed by atoms with van der Waals surface area (Å²) in [4.78, 5) is 2.46. The van der Waals surface area contributed by atoms with Gasteiger partial charge in [-0.1, -0.05) is 12.1 Å². The zero-order chi connectivity index (χ0) is 17.1. The molecule has 2 aliphatic heterocycles. The van der Waals surface area contributed by atoms with Crippen molar-refractivity contribution in [1.29, 1.82) is 0 Å². The fourth-order valence-corrected chi connectivity index (χ4v) is 3.80. The molecule has 0 aliphatic carbocycles. The van der Waals surface area contributed by atoms with E-state index in [-0.39, 0.29) is 5.82 Å². The summed E-state index contributed by atoms with van der Waals surface area (Å²) in [5, 5.41) is 11.5. The van der Waals surface area contributed by atoms with Crippen molar-refractivity contribution >= 4 is 5.82 Å². The van der Waals surface area contributed by atoms with Crippen LogP contribution in [0.2, 0.25) is 0 Å². The molecule has 0 saturated carbocycles. The summed E-state index contributed by atoms with van der Waals surface area (Å²) in [6, 6.07) is 9.50. The van der Waals surface area contributed by atoms with E-state index in [9.17, 15) is 4.39 Å². The zero-order valence-corrected chi connectivity index (χ0v) is 14.5. The normalized spacial score (nSPS) is 21.7. The lowest BCUT2D eigenvalue weighted by Crippen LogP contribution is -2.45. The largest absolute Gasteiger partial charge is 0.370 e. The van der Waals surface area contributed by atoms with Crippen LogP contribution in [-0.2, 0) is 13.1 Å². The lowest BCUT2D eigenvalue weighted by atomic mass is 10.0. The third-order valence-electron chi connectivity index (χ3n) is 5.32. The van der Waals surface area contributed by atoms with Crippen LogP contribution < -0.4 is 10.6 Å². The molecular weight excluding hydrogens is 317 g/mol. The Morgan fingerprint density at radius 3 is 2.76 bits per heavy atom. The molecule has 1 aromatic heterocycles. The summed E-state index contributed by atoms with van der Waals surface area (Å²) in [5.74, 6) is 1.56. The van der Waals surface area contributed by atoms with Gasteiger partial charge >= 0.3 is 0 Å². The highest BCUT2D eigenvalue weighted by Gasteiger charge is 2.22. The van der Waals surface area contributed by atoms with Crippen molar-refractivity contribution in [2.24, 2.45) is 5.92 Å². The van der Waals surface area contributed by atoms with Crippen molar-refractivity contribution < 1.29 is 4.39 Å². The van der Waals surface area contributed by atoms with Crippen molar-refractivity contribution in [3.8, 4) is 0 Å². The number of anilines is 1. The first-order valence-corrected chi connectivity index (χ1v) is 9.22. The summed E-state index contributed by atoms with van der Waals surface area (Å²) in [6.07, 6.45) is 4.21. The molecule has 0 bridgehead atoms. The fraction of sp³-hybridized carbons (Fsp3) is 0.526. The van der Waals surface area contributed by atoms with E-state index in [0.29, 0.717) is 12.0 Å². The highest BCUT2D eigenvalue weighted by atomic mass is 19.1. The van der Waals surface area contributed by atoms with E-state index in [0.717, 1.165) is 45.1 Å². The Morgan fingerprint density at radius 2 is 1.96 bits per heavy atom. The average molecular weight is 343 g/mol. The van der Waals surface area contributed by atoms with Crippen molar-refractivity contribution in [3.05, 3.63) is 47.9 Å². The molecule has 4 rings (SSSR count). The summed E-state index contributed by atoms with van der Waals surface area (Å²) in [7, 11) is 0. The quantitative estimate of drug-likeness (QED) is 0.875. The lowest BCUT2D eigenvalue weighted by molar-refractivity contribution is 0.186. The summed E-state index contributed by atoms with van der Waals surface area (Å²) < 4.78 is 15.0. The van der Waals surface area contributed by atoms with Crippen molar-refractivity contribution in [1.82, 2.24) is 20.0 Å². The number of nitrogens with one attached hydrogen (secondary N) is 2. The minimum atomic E-state index is -0.161. The topological polar surface area (TPSA) is 45.1 Å². The summed E-state index contributed by atoms with van der Waals surface area (Å²) in [6.45, 7) is 6.16. The van der Waals surface area contributed by atoms with Gasteiger partial charge in [-0.3, -0.25) is 4.90 Å². The highest BCUT2D eigenvalue weighted by Crippen LogP contribution is 2.18. The van der Waals surface area contributed by atoms with Crippen LogP contribution in [0.15, 0.2) is 36.5 Å². The van der Waals surface area contributed by atoms with Crippen LogP contribution in [0.25, 0.3) is 0 Å². The third-order valence-corrected chi connectivity index (χ3v) is 5.32. The van der Waals surface area contributed by atoms with E-state index >= 15 is 0 Å². The number of benzene rings is 1. The molecule has 0 spiro atoms. The number of nitrogens with zero attached hydrogens (tertiary/aromatic N) is 3. The Kier molecular flexibility index (Phi) is 4.99. The molecule has 1 aromatic carbocycles. The number of hydrogen-bond acceptors (Lipinski definition) is 4. The molecule has 134 valence electrons. The standard InChI is InChI=1S/C19H26FN5/c20-17-3-1-15(2-4-17)13-24-9-6-18(7-10-24)21-11-16-12-22-19-5-8-23-25(19)14-16/h1-5,8,16,18,21-22H,6-7,9-14H2/t16-/m1/s1. The molecule has 5 nitrogen and oxygen atoms in total. The maximum Gasteiger partial charge on any atom is 0.124 e. The first kappa shape index (κ1) is 16.5. The number of likely N-dealkylation sites (tertiary alicyclic amines) is 1. The number of halogens is 1. The van der Waals surface area contributed by atoms with Gasteiger partial charge in [0.1, 0.15) is 11.6 Å². The number of piperidine rings is 1. The zero-order valence-electron chi connectivity index (χ0n) is 14.5. The van der Waals surface area contributed by atoms with E-state index in [1.54, 1.807) is 12.1 Å². The Hall–Kier alpha value is -1.92. The summed E-state index contributed by atoms with van der Waals surface area (Å²) in [5.41, 5.74) is 1.19. The molecule has 3 heterocycles. The SMILES string of the molecule is Fc1ccc(CN2CCC(NC[C@@H]3CNc4ccnn4C3)CC2)cc1. The minimum absolute atomic E-state index is 0.161. The van der Waals surface area contributed by atoms with Gasteiger partial charge in [-0.15, -0.1) is 0 Å². The van der Waals surface area contributed by atoms with E-state index in [2.05, 4.69) is 25.3 Å². The van der Waals surface area contributed by atoms with Crippen LogP contribution in [0.1, 0.15) is 18.4 Å². The van der Waals surface area contributed by atoms with Gasteiger partial charge in [0.25, 0.3) is 0 Å². The lowest BCUT2D eigenvalue weighted by Gasteiger charge is -2.34. The number of aromatic nitrogens is 2. The molecular formula is C19H26FN5. The molecule has 2 aliphatic rings. The van der Waals surface area contributed by atoms with Crippen LogP contribution in [0.3, 0.4) is 0 Å². The van der Waals surface area contributed by atoms with Gasteiger partial charge in [0.15, 0.2) is 0 Å². The molecule has 2 aromatic rings. The maximum atomic E-state index is 13.0. The summed E-state index contributed by atoms with van der Waals surface area (Å²) >= 11 is 0. The molecule has 25 heavy (non-hydrogen) atoms. The van der Waals surface area contributed by atoms with Crippen molar-refractivity contribution in [3.63, 3.8) is 0 Å². The first-order chi connectivity index (χ1) is 12.3. The second kappa shape index (κ2) is 7.54. The van der Waals surface area contributed by atoms with Gasteiger partial charge in [0, 0.05) is 44.2 Å². The van der Waals surface area contributed by atoms with E-state index in [4.69, 9.17) is 0 Å². The van der Waals surface area contributed by atoms with Crippen LogP contribution in [0.5, 0.6) is 0 Å². The second-order valence-electron chi connectivity index (χ2n) is 7.23. The third kappa shape index (κ3) is 4.19. The van der Waals surface area contributed by atoms with Gasteiger partial charge in [0.05, 0.1) is 6.20 Å². The van der Waals surface area contributed by atoms with Gasteiger partial charge in [-0.25, -0.2) is 9.07 Å². The van der Waals surface area contributed by atoms with E-state index in [1.807, 2.05) is 24.4 Å². The van der Waals surface area contributed by atoms with Gasteiger partial charge in [-0.05, 0) is 43.6 Å². The average Bonchev–Trinajstić information content (AvgIpc) is 3.11. The van der Waals surface area contributed by atoms with Crippen LogP contribution in [0, 0.1) is 11.7 Å². The van der Waals surface area contributed by atoms with Crippen LogP contribution in [-0.4, -0.2) is 46.9 Å². The van der Waals surface area contributed by atoms with Crippen molar-refractivity contribution in [2.75, 3.05) is 31.5 Å². The van der Waals surface area contributed by atoms with Crippen LogP contribution in [0.4, 0.5) is 10.2 Å². The monoisotopic (exact) mass is 343 g/mol. The number of hydrogen-bond donors (Lipinski definition) is 2. The van der Waals surface area contributed by atoms with E-state index < -0.39 is 0 Å². The number of fused-ring (bicyclic) bond motifs is 1. The maximum absolute atomic E-state index is 13.0. The van der Waals surface area contributed by atoms with Gasteiger partial charge in [0.2, 0.25) is 0 Å². The Balaban J connectivity index is 1.18. The number of rotatable bonds is 5. The second-order valence-corrected chi connectivity index (χ2v) is 7.23. The molecule has 0 unspecified atom stereocenters. The minimum Gasteiger partial charge on any atom is -0.370 e. The molecule has 0 amide bonds. The van der Waals surface area contributed by atoms with Crippen molar-refractivity contribution in [2.45, 2.75) is 32.0 Å². The molecule has 1 saturated heterocycles. The Morgan fingerprint density at radius 1 is 1.16 bits per heavy atom. The van der Waals surface area contributed by atoms with Crippen LogP contribution >= 0.6 is 0 Å². The van der Waals surface area contributed by atoms with Gasteiger partial charge < -0.3 is 10.6 Å². The molecule has 1 atom stereocenters. The predicted octanol–water partition coefficient (Wildman–Crippen LogP) is 2.32. The fourth-order valence-electron chi connectivity index (χ4n) is 3.80. The Labute approximate surface area is 148 Å². The smallest absolute Gasteiger partial charge is 0.124 e. The molecule has 2 N–H and O–H groups in total. The first-order valence-electron chi connectivity index (χ1n) is 9.22.